The molecule has 214 valence electrons. The lowest BCUT2D eigenvalue weighted by molar-refractivity contribution is -0.0528. The number of aromatic nitrogens is 2. The van der Waals surface area contributed by atoms with Crippen LogP contribution in [0.25, 0.3) is 0 Å². The van der Waals surface area contributed by atoms with Gasteiger partial charge in [-0.3, -0.25) is 4.57 Å². The number of nitrogens with zero attached hydrogens (tertiary/aromatic N) is 2. The maximum absolute atomic E-state index is 13.0. The lowest BCUT2D eigenvalue weighted by Gasteiger charge is -2.41. The number of nitrogens with two attached hydrogens (primary N) is 1. The van der Waals surface area contributed by atoms with E-state index in [1.165, 1.54) is 10.8 Å². The molecule has 0 amide bonds. The maximum atomic E-state index is 13.0. The number of hydrogen-bond acceptors (Lipinski definition) is 7. The molecule has 4 atom stereocenters. The summed E-state index contributed by atoms with van der Waals surface area (Å²) in [6, 6.07) is 9.46. The summed E-state index contributed by atoms with van der Waals surface area (Å²) in [4.78, 5) is 17.0. The number of aliphatic hydroxyl groups excluding tert-OH is 1. The first-order chi connectivity index (χ1) is 17.8. The topological polar surface area (TPSA) is 109 Å². The molecule has 0 unspecified atom stereocenters. The second kappa shape index (κ2) is 11.3. The minimum absolute atomic E-state index is 0.00352. The molecule has 2 heterocycles. The molecule has 1 fully saturated rings. The van der Waals surface area contributed by atoms with Crippen molar-refractivity contribution in [3.63, 3.8) is 0 Å². The zero-order valence-corrected chi connectivity index (χ0v) is 27.0. The van der Waals surface area contributed by atoms with Crippen molar-refractivity contribution in [3.8, 4) is 11.8 Å². The van der Waals surface area contributed by atoms with Gasteiger partial charge in [0.15, 0.2) is 22.9 Å². The summed E-state index contributed by atoms with van der Waals surface area (Å²) in [5.41, 5.74) is 6.59. The molecule has 3 rings (SSSR count). The van der Waals surface area contributed by atoms with Crippen molar-refractivity contribution in [1.29, 1.82) is 0 Å². The Labute approximate surface area is 235 Å². The Balaban J connectivity index is 1.98. The second-order valence-corrected chi connectivity index (χ2v) is 22.9. The number of ether oxygens (including phenoxy) is 1. The maximum Gasteiger partial charge on any atom is 0.351 e. The highest BCUT2D eigenvalue weighted by Crippen LogP contribution is 2.42. The van der Waals surface area contributed by atoms with Crippen LogP contribution in [0.15, 0.2) is 41.3 Å². The van der Waals surface area contributed by atoms with Gasteiger partial charge in [-0.15, -0.1) is 0 Å². The van der Waals surface area contributed by atoms with Crippen molar-refractivity contribution in [2.24, 2.45) is 0 Å². The molecule has 2 aromatic rings. The minimum Gasteiger partial charge on any atom is -0.414 e. The summed E-state index contributed by atoms with van der Waals surface area (Å²) in [7, 11) is -4.42. The van der Waals surface area contributed by atoms with Crippen LogP contribution in [0.3, 0.4) is 0 Å². The molecular formula is C29H45N3O5Si2. The normalized spacial score (nSPS) is 22.4. The Kier molecular flexibility index (Phi) is 9.07. The number of aliphatic hydroxyl groups is 1. The zero-order chi connectivity index (χ0) is 29.4. The molecule has 0 bridgehead atoms. The molecule has 8 nitrogen and oxygen atoms in total. The van der Waals surface area contributed by atoms with Crippen molar-refractivity contribution in [2.75, 3.05) is 12.3 Å². The molecule has 3 N–H and O–H groups in total. The molecule has 0 aliphatic carbocycles. The second-order valence-electron chi connectivity index (χ2n) is 13.3. The van der Waals surface area contributed by atoms with Crippen LogP contribution < -0.4 is 11.4 Å². The first-order valence-electron chi connectivity index (χ1n) is 13.4. The van der Waals surface area contributed by atoms with Crippen molar-refractivity contribution in [1.82, 2.24) is 9.55 Å². The quantitative estimate of drug-likeness (QED) is 0.375. The van der Waals surface area contributed by atoms with Crippen molar-refractivity contribution < 1.29 is 18.7 Å². The molecule has 1 aliphatic rings. The van der Waals surface area contributed by atoms with E-state index in [9.17, 15) is 9.90 Å². The van der Waals surface area contributed by atoms with Crippen molar-refractivity contribution >= 4 is 22.5 Å². The highest BCUT2D eigenvalue weighted by atomic mass is 28.4. The largest absolute Gasteiger partial charge is 0.414 e. The van der Waals surface area contributed by atoms with Crippen LogP contribution in [0, 0.1) is 11.8 Å². The average molecular weight is 572 g/mol. The number of nitrogen functional groups attached to an aromatic ring is 1. The third-order valence-electron chi connectivity index (χ3n) is 8.33. The Morgan fingerprint density at radius 3 is 2.18 bits per heavy atom. The molecule has 1 saturated heterocycles. The molecule has 0 spiro atoms. The van der Waals surface area contributed by atoms with Crippen LogP contribution in [0.2, 0.25) is 36.3 Å². The Morgan fingerprint density at radius 2 is 1.62 bits per heavy atom. The molecule has 1 aromatic carbocycles. The van der Waals surface area contributed by atoms with Crippen LogP contribution in [-0.4, -0.2) is 56.2 Å². The summed E-state index contributed by atoms with van der Waals surface area (Å²) in [5, 5.41) is 11.5. The van der Waals surface area contributed by atoms with Gasteiger partial charge in [-0.1, -0.05) is 71.6 Å². The van der Waals surface area contributed by atoms with E-state index in [4.69, 9.17) is 19.3 Å². The number of anilines is 1. The highest BCUT2D eigenvalue weighted by Gasteiger charge is 2.51. The molecule has 0 radical (unpaired) electrons. The van der Waals surface area contributed by atoms with E-state index in [0.29, 0.717) is 5.56 Å². The molecule has 10 heteroatoms. The molecule has 0 saturated carbocycles. The van der Waals surface area contributed by atoms with E-state index in [1.807, 2.05) is 30.3 Å². The molecule has 1 aromatic heterocycles. The summed E-state index contributed by atoms with van der Waals surface area (Å²) < 4.78 is 20.8. The highest BCUT2D eigenvalue weighted by molar-refractivity contribution is 6.74. The smallest absolute Gasteiger partial charge is 0.351 e. The number of hydrogen-bond donors (Lipinski definition) is 2. The Hall–Kier alpha value is -2.27. The Morgan fingerprint density at radius 1 is 1.03 bits per heavy atom. The van der Waals surface area contributed by atoms with Crippen molar-refractivity contribution in [2.45, 2.75) is 102 Å². The van der Waals surface area contributed by atoms with Crippen molar-refractivity contribution in [3.05, 3.63) is 58.1 Å². The fourth-order valence-electron chi connectivity index (χ4n) is 3.67. The number of benzene rings is 1. The lowest BCUT2D eigenvalue weighted by atomic mass is 10.1. The average Bonchev–Trinajstić information content (AvgIpc) is 3.11. The zero-order valence-electron chi connectivity index (χ0n) is 25.0. The van der Waals surface area contributed by atoms with E-state index in [0.717, 1.165) is 5.56 Å². The van der Waals surface area contributed by atoms with Gasteiger partial charge in [-0.25, -0.2) is 4.79 Å². The van der Waals surface area contributed by atoms with E-state index in [-0.39, 0.29) is 22.5 Å². The molecule has 1 aliphatic heterocycles. The van der Waals surface area contributed by atoms with Crippen LogP contribution in [0.1, 0.15) is 58.9 Å². The summed E-state index contributed by atoms with van der Waals surface area (Å²) in [5.74, 6) is 6.07. The van der Waals surface area contributed by atoms with Crippen LogP contribution in [0.5, 0.6) is 0 Å². The van der Waals surface area contributed by atoms with Gasteiger partial charge in [-0.2, -0.15) is 4.98 Å². The summed E-state index contributed by atoms with van der Waals surface area (Å²) in [6.07, 6.45) is -1.88. The van der Waals surface area contributed by atoms with Crippen LogP contribution >= 0.6 is 0 Å². The van der Waals surface area contributed by atoms with Gasteiger partial charge in [0.1, 0.15) is 24.1 Å². The predicted octanol–water partition coefficient (Wildman–Crippen LogP) is 4.90. The third kappa shape index (κ3) is 7.09. The van der Waals surface area contributed by atoms with Crippen LogP contribution in [0.4, 0.5) is 5.82 Å². The fraction of sp³-hybridized carbons (Fsp3) is 0.586. The van der Waals surface area contributed by atoms with Crippen LogP contribution in [-0.2, 0) is 13.6 Å². The SMILES string of the molecule is CC(C)(C)[Si](C)(C)OC[C@H]1O[C@@H](n2cc(C#Cc3ccccc3)c(N)nc2=O)[C@H](O)[C@@H]1O[Si](C)(C)C(C)(C)C. The summed E-state index contributed by atoms with van der Waals surface area (Å²) in [6.45, 7) is 21.8. The van der Waals surface area contributed by atoms with Gasteiger partial charge in [0.25, 0.3) is 0 Å². The first kappa shape index (κ1) is 31.3. The van der Waals surface area contributed by atoms with Gasteiger partial charge in [0, 0.05) is 11.8 Å². The van der Waals surface area contributed by atoms with E-state index in [1.54, 1.807) is 0 Å². The van der Waals surface area contributed by atoms with E-state index >= 15 is 0 Å². The van der Waals surface area contributed by atoms with Gasteiger partial charge in [0.05, 0.1) is 12.2 Å². The summed E-state index contributed by atoms with van der Waals surface area (Å²) >= 11 is 0. The van der Waals surface area contributed by atoms with E-state index in [2.05, 4.69) is 84.6 Å². The molecular weight excluding hydrogens is 527 g/mol. The molecule has 39 heavy (non-hydrogen) atoms. The minimum atomic E-state index is -2.31. The third-order valence-corrected chi connectivity index (χ3v) is 17.3. The predicted molar refractivity (Wildman–Crippen MR) is 160 cm³/mol. The van der Waals surface area contributed by atoms with E-state index < -0.39 is 46.9 Å². The fourth-order valence-corrected chi connectivity index (χ4v) is 6.01. The lowest BCUT2D eigenvalue weighted by Crippen LogP contribution is -2.51. The standard InChI is InChI=1S/C29H45N3O5Si2/c1-28(2,3)38(7,8)35-19-22-24(37-39(9,10)29(4,5)6)23(33)26(36-22)32-18-21(25(30)31-27(32)34)17-16-20-14-12-11-13-15-20/h11-15,18,22-24,26,33H,19H2,1-10H3,(H2,30,31,34)/t22-,23-,24-,26-/m1/s1. The van der Waals surface area contributed by atoms with Gasteiger partial charge >= 0.3 is 5.69 Å². The first-order valence-corrected chi connectivity index (χ1v) is 19.3. The number of rotatable bonds is 6. The van der Waals surface area contributed by atoms with Gasteiger partial charge in [-0.05, 0) is 48.4 Å². The van der Waals surface area contributed by atoms with Gasteiger partial charge < -0.3 is 24.4 Å². The Bertz CT molecular complexity index is 1270. The monoisotopic (exact) mass is 571 g/mol. The van der Waals surface area contributed by atoms with Gasteiger partial charge in [0.2, 0.25) is 0 Å².